The van der Waals surface area contributed by atoms with Crippen LogP contribution in [0, 0.1) is 0 Å². The molecule has 0 atom stereocenters. The molecule has 104 valence electrons. The molecule has 3 rings (SSSR count). The van der Waals surface area contributed by atoms with E-state index in [1.807, 2.05) is 6.07 Å². The SMILES string of the molecule is O=c1cc(-c2cccc3c2OCC3)nc(C(F)(F)F)[nH]1. The van der Waals surface area contributed by atoms with Crippen LogP contribution in [0.25, 0.3) is 11.3 Å². The van der Waals surface area contributed by atoms with Gasteiger partial charge in [-0.15, -0.1) is 0 Å². The highest BCUT2D eigenvalue weighted by Crippen LogP contribution is 2.36. The Balaban J connectivity index is 2.19. The highest BCUT2D eigenvalue weighted by atomic mass is 19.4. The van der Waals surface area contributed by atoms with E-state index in [2.05, 4.69) is 4.98 Å². The highest BCUT2D eigenvalue weighted by Gasteiger charge is 2.34. The third-order valence-electron chi connectivity index (χ3n) is 3.00. The molecular weight excluding hydrogens is 273 g/mol. The normalized spacial score (nSPS) is 13.9. The Kier molecular flexibility index (Phi) is 2.77. The van der Waals surface area contributed by atoms with Crippen molar-refractivity contribution in [3.63, 3.8) is 0 Å². The molecule has 2 aromatic rings. The van der Waals surface area contributed by atoms with E-state index in [-0.39, 0.29) is 5.69 Å². The standard InChI is InChI=1S/C13H9F3N2O2/c14-13(15,16)12-17-9(6-10(19)18-12)8-3-1-2-7-4-5-20-11(7)8/h1-3,6H,4-5H2,(H,17,18,19). The van der Waals surface area contributed by atoms with Gasteiger partial charge < -0.3 is 9.72 Å². The number of nitrogens with one attached hydrogen (secondary N) is 1. The van der Waals surface area contributed by atoms with Gasteiger partial charge in [0.15, 0.2) is 0 Å². The number of aromatic amines is 1. The average Bonchev–Trinajstić information content (AvgIpc) is 2.84. The second-order valence-corrected chi connectivity index (χ2v) is 4.37. The zero-order valence-electron chi connectivity index (χ0n) is 10.1. The van der Waals surface area contributed by atoms with Gasteiger partial charge in [-0.3, -0.25) is 4.79 Å². The lowest BCUT2D eigenvalue weighted by molar-refractivity contribution is -0.145. The average molecular weight is 282 g/mol. The molecule has 1 N–H and O–H groups in total. The van der Waals surface area contributed by atoms with Gasteiger partial charge >= 0.3 is 6.18 Å². The molecule has 1 aromatic heterocycles. The second kappa shape index (κ2) is 4.36. The van der Waals surface area contributed by atoms with E-state index < -0.39 is 17.6 Å². The molecule has 0 saturated carbocycles. The van der Waals surface area contributed by atoms with Crippen molar-refractivity contribution >= 4 is 0 Å². The molecule has 0 saturated heterocycles. The molecular formula is C13H9F3N2O2. The van der Waals surface area contributed by atoms with Crippen molar-refractivity contribution in [2.45, 2.75) is 12.6 Å². The minimum absolute atomic E-state index is 0.0418. The summed E-state index contributed by atoms with van der Waals surface area (Å²) in [5.74, 6) is -0.811. The number of nitrogens with zero attached hydrogens (tertiary/aromatic N) is 1. The lowest BCUT2D eigenvalue weighted by atomic mass is 10.1. The monoisotopic (exact) mass is 282 g/mol. The first-order valence-corrected chi connectivity index (χ1v) is 5.89. The Hall–Kier alpha value is -2.31. The Labute approximate surface area is 111 Å². The molecule has 1 aromatic carbocycles. The second-order valence-electron chi connectivity index (χ2n) is 4.37. The summed E-state index contributed by atoms with van der Waals surface area (Å²) < 4.78 is 43.4. The molecule has 1 aliphatic rings. The number of benzene rings is 1. The van der Waals surface area contributed by atoms with Crippen molar-refractivity contribution in [3.05, 3.63) is 46.0 Å². The number of halogens is 3. The zero-order chi connectivity index (χ0) is 14.3. The van der Waals surface area contributed by atoms with E-state index in [1.54, 1.807) is 17.1 Å². The van der Waals surface area contributed by atoms with E-state index in [0.29, 0.717) is 24.3 Å². The van der Waals surface area contributed by atoms with E-state index in [9.17, 15) is 18.0 Å². The molecule has 4 nitrogen and oxygen atoms in total. The summed E-state index contributed by atoms with van der Waals surface area (Å²) >= 11 is 0. The van der Waals surface area contributed by atoms with Crippen molar-refractivity contribution in [1.29, 1.82) is 0 Å². The molecule has 0 spiro atoms. The van der Waals surface area contributed by atoms with Crippen LogP contribution in [0.15, 0.2) is 29.1 Å². The molecule has 0 aliphatic carbocycles. The third-order valence-corrected chi connectivity index (χ3v) is 3.00. The predicted molar refractivity (Wildman–Crippen MR) is 64.5 cm³/mol. The minimum Gasteiger partial charge on any atom is -0.492 e. The summed E-state index contributed by atoms with van der Waals surface area (Å²) in [6.07, 6.45) is -4.01. The van der Waals surface area contributed by atoms with Gasteiger partial charge in [0.2, 0.25) is 5.82 Å². The van der Waals surface area contributed by atoms with Gasteiger partial charge in [-0.05, 0) is 11.6 Å². The summed E-state index contributed by atoms with van der Waals surface area (Å²) in [6.45, 7) is 0.474. The van der Waals surface area contributed by atoms with Crippen LogP contribution in [0.4, 0.5) is 13.2 Å². The van der Waals surface area contributed by atoms with Crippen LogP contribution in [-0.4, -0.2) is 16.6 Å². The maximum atomic E-state index is 12.7. The number of ether oxygens (including phenoxy) is 1. The minimum atomic E-state index is -4.70. The molecule has 2 heterocycles. The molecule has 0 radical (unpaired) electrons. The Morgan fingerprint density at radius 3 is 2.85 bits per heavy atom. The molecule has 0 amide bonds. The van der Waals surface area contributed by atoms with Crippen molar-refractivity contribution in [2.75, 3.05) is 6.61 Å². The highest BCUT2D eigenvalue weighted by molar-refractivity contribution is 5.69. The van der Waals surface area contributed by atoms with Gasteiger partial charge in [-0.1, -0.05) is 12.1 Å². The zero-order valence-corrected chi connectivity index (χ0v) is 10.1. The number of fused-ring (bicyclic) bond motifs is 1. The van der Waals surface area contributed by atoms with Crippen LogP contribution in [0.1, 0.15) is 11.4 Å². The summed E-state index contributed by atoms with van der Waals surface area (Å²) in [5.41, 5.74) is 0.410. The topological polar surface area (TPSA) is 55.0 Å². The fourth-order valence-corrected chi connectivity index (χ4v) is 2.15. The van der Waals surface area contributed by atoms with Crippen molar-refractivity contribution in [3.8, 4) is 17.0 Å². The summed E-state index contributed by atoms with van der Waals surface area (Å²) in [6, 6.07) is 6.17. The van der Waals surface area contributed by atoms with Gasteiger partial charge in [0.1, 0.15) is 5.75 Å². The van der Waals surface area contributed by atoms with Crippen LogP contribution in [0.2, 0.25) is 0 Å². The fourth-order valence-electron chi connectivity index (χ4n) is 2.15. The lowest BCUT2D eigenvalue weighted by Crippen LogP contribution is -2.18. The number of rotatable bonds is 1. The largest absolute Gasteiger partial charge is 0.492 e. The number of aromatic nitrogens is 2. The first kappa shape index (κ1) is 12.7. The number of para-hydroxylation sites is 1. The van der Waals surface area contributed by atoms with E-state index in [0.717, 1.165) is 11.6 Å². The Morgan fingerprint density at radius 2 is 2.10 bits per heavy atom. The van der Waals surface area contributed by atoms with E-state index in [1.165, 1.54) is 0 Å². The predicted octanol–water partition coefficient (Wildman–Crippen LogP) is 2.39. The lowest BCUT2D eigenvalue weighted by Gasteiger charge is -2.10. The summed E-state index contributed by atoms with van der Waals surface area (Å²) in [4.78, 5) is 16.6. The molecule has 0 bridgehead atoms. The van der Waals surface area contributed by atoms with Crippen molar-refractivity contribution in [2.24, 2.45) is 0 Å². The Morgan fingerprint density at radius 1 is 1.30 bits per heavy atom. The first-order valence-electron chi connectivity index (χ1n) is 5.89. The maximum absolute atomic E-state index is 12.7. The molecule has 0 fully saturated rings. The Bertz CT molecular complexity index is 722. The van der Waals surface area contributed by atoms with Gasteiger partial charge in [-0.25, -0.2) is 4.98 Å². The summed E-state index contributed by atoms with van der Waals surface area (Å²) in [5, 5.41) is 0. The van der Waals surface area contributed by atoms with Crippen LogP contribution in [0.5, 0.6) is 5.75 Å². The molecule has 20 heavy (non-hydrogen) atoms. The number of H-pyrrole nitrogens is 1. The van der Waals surface area contributed by atoms with Gasteiger partial charge in [0.25, 0.3) is 5.56 Å². The maximum Gasteiger partial charge on any atom is 0.449 e. The fraction of sp³-hybridized carbons (Fsp3) is 0.231. The molecule has 1 aliphatic heterocycles. The van der Waals surface area contributed by atoms with Crippen LogP contribution < -0.4 is 10.3 Å². The first-order chi connectivity index (χ1) is 9.45. The van der Waals surface area contributed by atoms with Gasteiger partial charge in [0, 0.05) is 18.1 Å². The van der Waals surface area contributed by atoms with Crippen molar-refractivity contribution < 1.29 is 17.9 Å². The van der Waals surface area contributed by atoms with Gasteiger partial charge in [0.05, 0.1) is 12.3 Å². The van der Waals surface area contributed by atoms with Crippen molar-refractivity contribution in [1.82, 2.24) is 9.97 Å². The third kappa shape index (κ3) is 2.15. The van der Waals surface area contributed by atoms with E-state index in [4.69, 9.17) is 4.74 Å². The quantitative estimate of drug-likeness (QED) is 0.873. The smallest absolute Gasteiger partial charge is 0.449 e. The van der Waals surface area contributed by atoms with E-state index >= 15 is 0 Å². The van der Waals surface area contributed by atoms with Crippen LogP contribution in [0.3, 0.4) is 0 Å². The number of hydrogen-bond acceptors (Lipinski definition) is 3. The number of alkyl halides is 3. The molecule has 7 heteroatoms. The summed E-state index contributed by atoms with van der Waals surface area (Å²) in [7, 11) is 0. The van der Waals surface area contributed by atoms with Gasteiger partial charge in [-0.2, -0.15) is 13.2 Å². The molecule has 0 unspecified atom stereocenters. The van der Waals surface area contributed by atoms with Crippen LogP contribution in [-0.2, 0) is 12.6 Å². The van der Waals surface area contributed by atoms with Crippen LogP contribution >= 0.6 is 0 Å². The number of hydrogen-bond donors (Lipinski definition) is 1.